The van der Waals surface area contributed by atoms with Gasteiger partial charge >= 0.3 is 0 Å². The molecule has 2 atom stereocenters. The minimum absolute atomic E-state index is 0.148. The Hall–Kier alpha value is -2.77. The maximum absolute atomic E-state index is 12.7. The molecule has 1 aliphatic rings. The van der Waals surface area contributed by atoms with Crippen molar-refractivity contribution in [3.05, 3.63) is 79.3 Å². The molecule has 0 aliphatic carbocycles. The van der Waals surface area contributed by atoms with Crippen LogP contribution in [0.4, 0.5) is 0 Å². The number of amides is 2. The number of hydrogen-bond acceptors (Lipinski definition) is 5. The quantitative estimate of drug-likeness (QED) is 0.317. The van der Waals surface area contributed by atoms with Gasteiger partial charge in [-0.15, -0.1) is 0 Å². The number of nitro groups is 1. The Labute approximate surface area is 163 Å². The van der Waals surface area contributed by atoms with E-state index in [0.29, 0.717) is 11.8 Å². The van der Waals surface area contributed by atoms with Gasteiger partial charge in [-0.2, -0.15) is 0 Å². The summed E-state index contributed by atoms with van der Waals surface area (Å²) in [4.78, 5) is 48.6. The van der Waals surface area contributed by atoms with E-state index in [-0.39, 0.29) is 21.2 Å². The van der Waals surface area contributed by atoms with E-state index in [1.165, 1.54) is 30.3 Å². The lowest BCUT2D eigenvalue weighted by molar-refractivity contribution is -0.485. The fourth-order valence-corrected chi connectivity index (χ4v) is 3.44. The molecule has 3 rings (SSSR count). The van der Waals surface area contributed by atoms with Gasteiger partial charge in [-0.05, 0) is 29.8 Å². The maximum Gasteiger partial charge on any atom is 0.262 e. The van der Waals surface area contributed by atoms with Crippen LogP contribution < -0.4 is 0 Å². The third kappa shape index (κ3) is 3.43. The van der Waals surface area contributed by atoms with Gasteiger partial charge in [0.15, 0.2) is 0 Å². The van der Waals surface area contributed by atoms with Crippen LogP contribution in [0.3, 0.4) is 0 Å². The Bertz CT molecular complexity index is 928. The topological polar surface area (TPSA) is 97.6 Å². The largest absolute Gasteiger partial charge is 0.303 e. The number of nitrogens with zero attached hydrogens (tertiary/aromatic N) is 2. The summed E-state index contributed by atoms with van der Waals surface area (Å²) in [5, 5.41) is 11.6. The Morgan fingerprint density at radius 3 is 2.11 bits per heavy atom. The van der Waals surface area contributed by atoms with Crippen LogP contribution in [-0.2, 0) is 4.79 Å². The SMILES string of the molecule is O=C[C@@H](c1ccc(Cl)c(Cl)c1)[C@@H](C[N+](=O)[O-])N1C(=O)c2ccccc2C1=O. The molecule has 2 aromatic rings. The van der Waals surface area contributed by atoms with Crippen molar-refractivity contribution in [2.45, 2.75) is 12.0 Å². The van der Waals surface area contributed by atoms with Gasteiger partial charge in [0.25, 0.3) is 11.8 Å². The molecule has 0 saturated heterocycles. The highest BCUT2D eigenvalue weighted by Crippen LogP contribution is 2.33. The minimum atomic E-state index is -1.30. The molecule has 0 bridgehead atoms. The second kappa shape index (κ2) is 7.46. The van der Waals surface area contributed by atoms with Gasteiger partial charge in [-0.1, -0.05) is 41.4 Å². The predicted octanol–water partition coefficient (Wildman–Crippen LogP) is 3.22. The molecule has 0 radical (unpaired) electrons. The zero-order valence-electron chi connectivity index (χ0n) is 13.7. The highest BCUT2D eigenvalue weighted by molar-refractivity contribution is 6.42. The minimum Gasteiger partial charge on any atom is -0.303 e. The predicted molar refractivity (Wildman–Crippen MR) is 97.9 cm³/mol. The summed E-state index contributed by atoms with van der Waals surface area (Å²) >= 11 is 11.9. The molecule has 27 heavy (non-hydrogen) atoms. The third-order valence-electron chi connectivity index (χ3n) is 4.38. The highest BCUT2D eigenvalue weighted by atomic mass is 35.5. The molecule has 2 amide bonds. The molecule has 0 unspecified atom stereocenters. The van der Waals surface area contributed by atoms with E-state index >= 15 is 0 Å². The van der Waals surface area contributed by atoms with E-state index in [4.69, 9.17) is 23.2 Å². The van der Waals surface area contributed by atoms with Gasteiger partial charge in [0.2, 0.25) is 6.54 Å². The van der Waals surface area contributed by atoms with Crippen molar-refractivity contribution < 1.29 is 19.3 Å². The molecule has 1 heterocycles. The Kier molecular flexibility index (Phi) is 5.25. The summed E-state index contributed by atoms with van der Waals surface area (Å²) in [6.45, 7) is -0.783. The fraction of sp³-hybridized carbons (Fsp3) is 0.167. The Morgan fingerprint density at radius 2 is 1.63 bits per heavy atom. The van der Waals surface area contributed by atoms with Crippen molar-refractivity contribution in [3.8, 4) is 0 Å². The second-order valence-corrected chi connectivity index (χ2v) is 6.76. The van der Waals surface area contributed by atoms with Crippen molar-refractivity contribution in [1.82, 2.24) is 4.90 Å². The zero-order chi connectivity index (χ0) is 19.7. The van der Waals surface area contributed by atoms with E-state index in [0.717, 1.165) is 4.90 Å². The molecule has 0 fully saturated rings. The first-order valence-corrected chi connectivity index (χ1v) is 8.59. The van der Waals surface area contributed by atoms with E-state index in [1.807, 2.05) is 0 Å². The van der Waals surface area contributed by atoms with Gasteiger partial charge in [0.1, 0.15) is 12.3 Å². The Balaban J connectivity index is 2.07. The number of carbonyl (C=O) groups is 3. The van der Waals surface area contributed by atoms with Gasteiger partial charge in [0.05, 0.1) is 27.1 Å². The number of rotatable bonds is 6. The van der Waals surface area contributed by atoms with Crippen LogP contribution >= 0.6 is 23.2 Å². The van der Waals surface area contributed by atoms with E-state index in [1.54, 1.807) is 12.1 Å². The van der Waals surface area contributed by atoms with Crippen molar-refractivity contribution in [2.75, 3.05) is 6.54 Å². The summed E-state index contributed by atoms with van der Waals surface area (Å²) in [5.41, 5.74) is 0.618. The first-order chi connectivity index (χ1) is 12.8. The number of imide groups is 1. The average molecular weight is 407 g/mol. The second-order valence-electron chi connectivity index (χ2n) is 5.94. The van der Waals surface area contributed by atoms with E-state index in [2.05, 4.69) is 0 Å². The lowest BCUT2D eigenvalue weighted by atomic mass is 9.91. The molecule has 0 N–H and O–H groups in total. The number of benzene rings is 2. The van der Waals surface area contributed by atoms with Crippen molar-refractivity contribution >= 4 is 41.3 Å². The Morgan fingerprint density at radius 1 is 1.04 bits per heavy atom. The average Bonchev–Trinajstić information content (AvgIpc) is 2.89. The number of aldehydes is 1. The van der Waals surface area contributed by atoms with Crippen molar-refractivity contribution in [2.24, 2.45) is 0 Å². The molecule has 138 valence electrons. The molecule has 0 spiro atoms. The summed E-state index contributed by atoms with van der Waals surface area (Å²) in [5.74, 6) is -2.48. The first kappa shape index (κ1) is 19.0. The molecule has 0 saturated carbocycles. The lowest BCUT2D eigenvalue weighted by Gasteiger charge is -2.27. The molecule has 2 aromatic carbocycles. The van der Waals surface area contributed by atoms with Gasteiger partial charge in [-0.25, -0.2) is 0 Å². The first-order valence-electron chi connectivity index (χ1n) is 7.84. The summed E-state index contributed by atoms with van der Waals surface area (Å²) in [6, 6.07) is 9.13. The summed E-state index contributed by atoms with van der Waals surface area (Å²) in [7, 11) is 0. The van der Waals surface area contributed by atoms with Crippen molar-refractivity contribution in [3.63, 3.8) is 0 Å². The molecule has 1 aliphatic heterocycles. The third-order valence-corrected chi connectivity index (χ3v) is 5.12. The van der Waals surface area contributed by atoms with Gasteiger partial charge in [0, 0.05) is 4.92 Å². The molecular formula is C18H12Cl2N2O5. The van der Waals surface area contributed by atoms with Crippen LogP contribution in [0.2, 0.25) is 10.0 Å². The maximum atomic E-state index is 12.7. The normalized spacial score (nSPS) is 15.4. The number of carbonyl (C=O) groups excluding carboxylic acids is 3. The van der Waals surface area contributed by atoms with Crippen LogP contribution in [-0.4, -0.2) is 40.5 Å². The number of fused-ring (bicyclic) bond motifs is 1. The van der Waals surface area contributed by atoms with Gasteiger partial charge < -0.3 is 4.79 Å². The van der Waals surface area contributed by atoms with Crippen LogP contribution in [0.5, 0.6) is 0 Å². The van der Waals surface area contributed by atoms with Crippen LogP contribution in [0, 0.1) is 10.1 Å². The van der Waals surface area contributed by atoms with Crippen LogP contribution in [0.25, 0.3) is 0 Å². The monoisotopic (exact) mass is 406 g/mol. The fourth-order valence-electron chi connectivity index (χ4n) is 3.13. The highest BCUT2D eigenvalue weighted by Gasteiger charge is 2.45. The molecule has 7 nitrogen and oxygen atoms in total. The molecule has 0 aromatic heterocycles. The number of hydrogen-bond donors (Lipinski definition) is 0. The summed E-state index contributed by atoms with van der Waals surface area (Å²) in [6.07, 6.45) is 0.470. The van der Waals surface area contributed by atoms with E-state index < -0.39 is 35.2 Å². The number of halogens is 2. The van der Waals surface area contributed by atoms with Crippen LogP contribution in [0.15, 0.2) is 42.5 Å². The van der Waals surface area contributed by atoms with Gasteiger partial charge in [-0.3, -0.25) is 24.6 Å². The standard InChI is InChI=1S/C18H12Cl2N2O5/c19-14-6-5-10(7-15(14)20)13(9-23)16(8-21(26)27)22-17(24)11-3-1-2-4-12(11)18(22)25/h1-7,9,13,16H,8H2/t13-,16+/m0/s1. The lowest BCUT2D eigenvalue weighted by Crippen LogP contribution is -2.47. The smallest absolute Gasteiger partial charge is 0.262 e. The molecule has 9 heteroatoms. The van der Waals surface area contributed by atoms with Crippen molar-refractivity contribution in [1.29, 1.82) is 0 Å². The van der Waals surface area contributed by atoms with Crippen LogP contribution in [0.1, 0.15) is 32.2 Å². The summed E-state index contributed by atoms with van der Waals surface area (Å²) < 4.78 is 0. The zero-order valence-corrected chi connectivity index (χ0v) is 15.2. The molecular weight excluding hydrogens is 395 g/mol. The van der Waals surface area contributed by atoms with E-state index in [9.17, 15) is 24.5 Å².